The van der Waals surface area contributed by atoms with Crippen LogP contribution in [0.3, 0.4) is 0 Å². The summed E-state index contributed by atoms with van der Waals surface area (Å²) in [5.74, 6) is 1.27. The zero-order valence-corrected chi connectivity index (χ0v) is 10.1. The first-order chi connectivity index (χ1) is 8.72. The summed E-state index contributed by atoms with van der Waals surface area (Å²) in [4.78, 5) is 8.80. The Bertz CT molecular complexity index is 733. The fourth-order valence-corrected chi connectivity index (χ4v) is 2.34. The quantitative estimate of drug-likeness (QED) is 0.713. The number of para-hydroxylation sites is 1. The summed E-state index contributed by atoms with van der Waals surface area (Å²) in [7, 11) is 0. The van der Waals surface area contributed by atoms with E-state index in [0.717, 1.165) is 22.2 Å². The zero-order valence-electron chi connectivity index (χ0n) is 10.1. The lowest BCUT2D eigenvalue weighted by Crippen LogP contribution is -2.04. The van der Waals surface area contributed by atoms with Gasteiger partial charge in [0.2, 0.25) is 0 Å². The van der Waals surface area contributed by atoms with Crippen molar-refractivity contribution in [3.63, 3.8) is 0 Å². The molecule has 0 aliphatic heterocycles. The minimum Gasteiger partial charge on any atom is -0.395 e. The molecule has 0 amide bonds. The van der Waals surface area contributed by atoms with Gasteiger partial charge >= 0.3 is 0 Å². The Hall–Kier alpha value is -2.14. The van der Waals surface area contributed by atoms with E-state index in [1.54, 1.807) is 0 Å². The molecule has 0 saturated heterocycles. The van der Waals surface area contributed by atoms with E-state index in [0.29, 0.717) is 17.9 Å². The van der Waals surface area contributed by atoms with E-state index in [1.807, 2.05) is 35.8 Å². The second kappa shape index (κ2) is 3.96. The smallest absolute Gasteiger partial charge is 0.152 e. The molecule has 1 aromatic carbocycles. The molecule has 5 nitrogen and oxygen atoms in total. The van der Waals surface area contributed by atoms with Crippen molar-refractivity contribution in [3.8, 4) is 0 Å². The molecule has 3 rings (SSSR count). The summed E-state index contributed by atoms with van der Waals surface area (Å²) in [5, 5.41) is 10.2. The molecule has 0 bridgehead atoms. The summed E-state index contributed by atoms with van der Waals surface area (Å²) in [6, 6.07) is 7.82. The number of aromatic nitrogens is 3. The van der Waals surface area contributed by atoms with Crippen molar-refractivity contribution in [1.29, 1.82) is 0 Å². The van der Waals surface area contributed by atoms with Gasteiger partial charge in [-0.1, -0.05) is 18.2 Å². The molecule has 3 aromatic rings. The van der Waals surface area contributed by atoms with Crippen molar-refractivity contribution in [2.75, 3.05) is 12.3 Å². The van der Waals surface area contributed by atoms with Crippen molar-refractivity contribution >= 4 is 27.8 Å². The van der Waals surface area contributed by atoms with Gasteiger partial charge in [0.15, 0.2) is 5.82 Å². The lowest BCUT2D eigenvalue weighted by atomic mass is 10.2. The average molecular weight is 242 g/mol. The molecular weight excluding hydrogens is 228 g/mol. The third-order valence-corrected chi connectivity index (χ3v) is 3.12. The van der Waals surface area contributed by atoms with Gasteiger partial charge in [0.25, 0.3) is 0 Å². The fourth-order valence-electron chi connectivity index (χ4n) is 2.34. The molecule has 0 aliphatic rings. The van der Waals surface area contributed by atoms with Crippen LogP contribution in [0.25, 0.3) is 21.9 Å². The minimum atomic E-state index is 0.0723. The number of aliphatic hydroxyl groups excluding tert-OH is 1. The highest BCUT2D eigenvalue weighted by atomic mass is 16.3. The lowest BCUT2D eigenvalue weighted by molar-refractivity contribution is 0.277. The monoisotopic (exact) mass is 242 g/mol. The van der Waals surface area contributed by atoms with E-state index in [2.05, 4.69) is 9.97 Å². The van der Waals surface area contributed by atoms with Crippen LogP contribution in [-0.4, -0.2) is 26.2 Å². The van der Waals surface area contributed by atoms with Crippen LogP contribution in [-0.2, 0) is 6.54 Å². The van der Waals surface area contributed by atoms with Crippen LogP contribution in [0, 0.1) is 6.92 Å². The Morgan fingerprint density at radius 1 is 1.28 bits per heavy atom. The number of hydrogen-bond donors (Lipinski definition) is 2. The summed E-state index contributed by atoms with van der Waals surface area (Å²) in [6.45, 7) is 2.49. The zero-order chi connectivity index (χ0) is 12.7. The van der Waals surface area contributed by atoms with Gasteiger partial charge in [-0.05, 0) is 13.0 Å². The van der Waals surface area contributed by atoms with Crippen molar-refractivity contribution in [2.24, 2.45) is 0 Å². The van der Waals surface area contributed by atoms with Gasteiger partial charge in [0.1, 0.15) is 11.3 Å². The molecule has 2 aromatic heterocycles. The number of anilines is 1. The average Bonchev–Trinajstić information content (AvgIpc) is 2.69. The topological polar surface area (TPSA) is 77.0 Å². The lowest BCUT2D eigenvalue weighted by Gasteiger charge is -2.07. The highest BCUT2D eigenvalue weighted by Crippen LogP contribution is 2.28. The molecule has 0 unspecified atom stereocenters. The van der Waals surface area contributed by atoms with Crippen molar-refractivity contribution in [1.82, 2.24) is 14.5 Å². The van der Waals surface area contributed by atoms with E-state index in [1.165, 1.54) is 0 Å². The molecule has 2 heterocycles. The van der Waals surface area contributed by atoms with Gasteiger partial charge in [0, 0.05) is 11.9 Å². The largest absolute Gasteiger partial charge is 0.395 e. The number of aliphatic hydroxyl groups is 1. The highest BCUT2D eigenvalue weighted by molar-refractivity contribution is 6.06. The summed E-state index contributed by atoms with van der Waals surface area (Å²) in [5.41, 5.74) is 8.46. The van der Waals surface area contributed by atoms with Gasteiger partial charge in [-0.15, -0.1) is 0 Å². The molecule has 0 saturated carbocycles. The Morgan fingerprint density at radius 3 is 2.83 bits per heavy atom. The van der Waals surface area contributed by atoms with Crippen LogP contribution >= 0.6 is 0 Å². The summed E-state index contributed by atoms with van der Waals surface area (Å²) < 4.78 is 1.98. The van der Waals surface area contributed by atoms with Gasteiger partial charge in [0.05, 0.1) is 17.6 Å². The standard InChI is InChI=1S/C13H14N4O/c1-8-15-11-12(17(8)6-7-18)9-4-2-3-5-10(9)16-13(11)14/h2-5,18H,6-7H2,1H3,(H2,14,16). The highest BCUT2D eigenvalue weighted by Gasteiger charge is 2.14. The van der Waals surface area contributed by atoms with E-state index in [-0.39, 0.29) is 6.61 Å². The molecule has 0 atom stereocenters. The Kier molecular flexibility index (Phi) is 2.41. The molecule has 0 aliphatic carbocycles. The Balaban J connectivity index is 2.51. The van der Waals surface area contributed by atoms with Gasteiger partial charge in [-0.25, -0.2) is 9.97 Å². The first-order valence-electron chi connectivity index (χ1n) is 5.84. The molecule has 92 valence electrons. The van der Waals surface area contributed by atoms with Crippen molar-refractivity contribution in [2.45, 2.75) is 13.5 Å². The van der Waals surface area contributed by atoms with Crippen LogP contribution in [0.4, 0.5) is 5.82 Å². The Labute approximate surface area is 104 Å². The molecular formula is C13H14N4O. The SMILES string of the molecule is Cc1nc2c(N)nc3ccccc3c2n1CCO. The number of pyridine rings is 1. The number of benzene rings is 1. The van der Waals surface area contributed by atoms with Gasteiger partial charge in [-0.3, -0.25) is 0 Å². The second-order valence-corrected chi connectivity index (χ2v) is 4.25. The van der Waals surface area contributed by atoms with E-state index >= 15 is 0 Å². The van der Waals surface area contributed by atoms with Crippen molar-refractivity contribution in [3.05, 3.63) is 30.1 Å². The molecule has 0 radical (unpaired) electrons. The maximum absolute atomic E-state index is 9.17. The summed E-state index contributed by atoms with van der Waals surface area (Å²) >= 11 is 0. The van der Waals surface area contributed by atoms with Gasteiger partial charge < -0.3 is 15.4 Å². The predicted octanol–water partition coefficient (Wildman–Crippen LogP) is 1.47. The van der Waals surface area contributed by atoms with Gasteiger partial charge in [-0.2, -0.15) is 0 Å². The van der Waals surface area contributed by atoms with Crippen LogP contribution in [0.1, 0.15) is 5.82 Å². The molecule has 0 fully saturated rings. The molecule has 5 heteroatoms. The minimum absolute atomic E-state index is 0.0723. The first-order valence-corrected chi connectivity index (χ1v) is 5.84. The third kappa shape index (κ3) is 1.44. The van der Waals surface area contributed by atoms with Crippen LogP contribution < -0.4 is 5.73 Å². The second-order valence-electron chi connectivity index (χ2n) is 4.25. The number of hydrogen-bond acceptors (Lipinski definition) is 4. The van der Waals surface area contributed by atoms with E-state index in [9.17, 15) is 0 Å². The molecule has 3 N–H and O–H groups in total. The number of rotatable bonds is 2. The van der Waals surface area contributed by atoms with Crippen LogP contribution in [0.2, 0.25) is 0 Å². The number of nitrogens with two attached hydrogens (primary N) is 1. The normalized spacial score (nSPS) is 11.4. The number of aryl methyl sites for hydroxylation is 1. The maximum Gasteiger partial charge on any atom is 0.152 e. The maximum atomic E-state index is 9.17. The summed E-state index contributed by atoms with van der Waals surface area (Å²) in [6.07, 6.45) is 0. The number of nitrogens with zero attached hydrogens (tertiary/aromatic N) is 3. The number of fused-ring (bicyclic) bond motifs is 3. The van der Waals surface area contributed by atoms with E-state index in [4.69, 9.17) is 10.8 Å². The number of nitrogen functional groups attached to an aromatic ring is 1. The van der Waals surface area contributed by atoms with Crippen molar-refractivity contribution < 1.29 is 5.11 Å². The Morgan fingerprint density at radius 2 is 2.06 bits per heavy atom. The van der Waals surface area contributed by atoms with Crippen LogP contribution in [0.15, 0.2) is 24.3 Å². The van der Waals surface area contributed by atoms with E-state index < -0.39 is 0 Å². The molecule has 18 heavy (non-hydrogen) atoms. The first kappa shape index (κ1) is 11.0. The predicted molar refractivity (Wildman–Crippen MR) is 71.3 cm³/mol. The number of imidazole rings is 1. The fraction of sp³-hybridized carbons (Fsp3) is 0.231. The van der Waals surface area contributed by atoms with Crippen LogP contribution in [0.5, 0.6) is 0 Å². The molecule has 0 spiro atoms. The third-order valence-electron chi connectivity index (χ3n) is 3.12.